The molecule has 1 fully saturated rings. The number of hydrogen-bond donors (Lipinski definition) is 2. The number of rotatable bonds is 5. The molecular weight excluding hydrogens is 453 g/mol. The molecule has 148 valence electrons. The second-order valence-electron chi connectivity index (χ2n) is 6.85. The molecule has 1 aromatic carbocycles. The van der Waals surface area contributed by atoms with Gasteiger partial charge in [-0.05, 0) is 32.8 Å². The Morgan fingerprint density at radius 1 is 1.30 bits per heavy atom. The van der Waals surface area contributed by atoms with Crippen molar-refractivity contribution in [3.05, 3.63) is 52.8 Å². The number of guanidine groups is 1. The van der Waals surface area contributed by atoms with Crippen LogP contribution in [0.2, 0.25) is 0 Å². The van der Waals surface area contributed by atoms with E-state index in [0.29, 0.717) is 13.1 Å². The van der Waals surface area contributed by atoms with Crippen LogP contribution in [0, 0.1) is 13.8 Å². The fourth-order valence-corrected chi connectivity index (χ4v) is 3.39. The maximum atomic E-state index is 9.80. The van der Waals surface area contributed by atoms with Gasteiger partial charge in [0.15, 0.2) is 5.96 Å². The van der Waals surface area contributed by atoms with Gasteiger partial charge in [-0.3, -0.25) is 4.68 Å². The number of hydrogen-bond acceptors (Lipinski definition) is 3. The van der Waals surface area contributed by atoms with Crippen molar-refractivity contribution >= 4 is 29.9 Å². The fraction of sp³-hybridized carbons (Fsp3) is 0.500. The van der Waals surface area contributed by atoms with Crippen molar-refractivity contribution in [2.75, 3.05) is 19.6 Å². The number of aryl methyl sites for hydroxylation is 1. The zero-order valence-electron chi connectivity index (χ0n) is 16.4. The molecule has 7 heteroatoms. The van der Waals surface area contributed by atoms with Crippen molar-refractivity contribution in [2.24, 2.45) is 4.99 Å². The Morgan fingerprint density at radius 3 is 2.67 bits per heavy atom. The molecule has 2 N–H and O–H groups in total. The molecule has 6 nitrogen and oxygen atoms in total. The Balaban J connectivity index is 0.00000261. The van der Waals surface area contributed by atoms with Gasteiger partial charge < -0.3 is 15.3 Å². The number of likely N-dealkylation sites (tertiary alicyclic amines) is 1. The van der Waals surface area contributed by atoms with Gasteiger partial charge in [0, 0.05) is 30.9 Å². The summed E-state index contributed by atoms with van der Waals surface area (Å²) >= 11 is 0. The highest BCUT2D eigenvalue weighted by molar-refractivity contribution is 14.0. The van der Waals surface area contributed by atoms with Gasteiger partial charge in [0.25, 0.3) is 0 Å². The summed E-state index contributed by atoms with van der Waals surface area (Å²) in [7, 11) is 0. The third-order valence-electron chi connectivity index (χ3n) is 4.89. The maximum absolute atomic E-state index is 9.80. The molecule has 27 heavy (non-hydrogen) atoms. The predicted molar refractivity (Wildman–Crippen MR) is 120 cm³/mol. The number of aliphatic hydroxyl groups excluding tert-OH is 1. The smallest absolute Gasteiger partial charge is 0.194 e. The number of β-amino-alcohol motifs (C(OH)–C–C–N with tert-alkyl or cyclic N) is 1. The van der Waals surface area contributed by atoms with Gasteiger partial charge in [-0.1, -0.05) is 30.3 Å². The van der Waals surface area contributed by atoms with Gasteiger partial charge in [-0.2, -0.15) is 5.10 Å². The lowest BCUT2D eigenvalue weighted by atomic mass is 10.2. The van der Waals surface area contributed by atoms with E-state index < -0.39 is 0 Å². The van der Waals surface area contributed by atoms with Crippen LogP contribution in [-0.4, -0.2) is 51.5 Å². The van der Waals surface area contributed by atoms with E-state index in [1.54, 1.807) is 0 Å². The van der Waals surface area contributed by atoms with Crippen LogP contribution < -0.4 is 5.32 Å². The summed E-state index contributed by atoms with van der Waals surface area (Å²) in [5.74, 6) is 0.874. The fourth-order valence-electron chi connectivity index (χ4n) is 3.39. The number of aliphatic hydroxyl groups is 1. The van der Waals surface area contributed by atoms with E-state index in [4.69, 9.17) is 10.1 Å². The minimum Gasteiger partial charge on any atom is -0.391 e. The zero-order valence-corrected chi connectivity index (χ0v) is 18.7. The third kappa shape index (κ3) is 5.44. The normalized spacial score (nSPS) is 17.1. The first kappa shape index (κ1) is 21.7. The van der Waals surface area contributed by atoms with Gasteiger partial charge in [0.2, 0.25) is 0 Å². The molecule has 0 saturated carbocycles. The van der Waals surface area contributed by atoms with Crippen molar-refractivity contribution in [1.82, 2.24) is 20.0 Å². The Hall–Kier alpha value is -1.61. The van der Waals surface area contributed by atoms with Crippen molar-refractivity contribution < 1.29 is 5.11 Å². The summed E-state index contributed by atoms with van der Waals surface area (Å²) in [5.41, 5.74) is 4.61. The summed E-state index contributed by atoms with van der Waals surface area (Å²) in [6.45, 7) is 9.91. The first-order chi connectivity index (χ1) is 12.6. The predicted octanol–water partition coefficient (Wildman–Crippen LogP) is 2.70. The van der Waals surface area contributed by atoms with Crippen LogP contribution in [0.1, 0.15) is 35.9 Å². The highest BCUT2D eigenvalue weighted by Gasteiger charge is 2.23. The average Bonchev–Trinajstić information content (AvgIpc) is 3.17. The molecule has 1 atom stereocenters. The maximum Gasteiger partial charge on any atom is 0.194 e. The molecule has 0 radical (unpaired) electrons. The highest BCUT2D eigenvalue weighted by atomic mass is 127. The van der Waals surface area contributed by atoms with Crippen LogP contribution in [0.3, 0.4) is 0 Å². The molecule has 1 saturated heterocycles. The van der Waals surface area contributed by atoms with Crippen molar-refractivity contribution in [1.29, 1.82) is 0 Å². The van der Waals surface area contributed by atoms with Gasteiger partial charge in [0.1, 0.15) is 0 Å². The molecule has 0 spiro atoms. The van der Waals surface area contributed by atoms with E-state index in [9.17, 15) is 5.11 Å². The van der Waals surface area contributed by atoms with Gasteiger partial charge in [-0.15, -0.1) is 24.0 Å². The number of benzene rings is 1. The van der Waals surface area contributed by atoms with Crippen LogP contribution in [0.15, 0.2) is 35.3 Å². The quantitative estimate of drug-likeness (QED) is 0.390. The molecule has 0 aliphatic carbocycles. The summed E-state index contributed by atoms with van der Waals surface area (Å²) in [4.78, 5) is 6.94. The van der Waals surface area contributed by atoms with Crippen LogP contribution >= 0.6 is 24.0 Å². The molecule has 2 aromatic rings. The first-order valence-electron chi connectivity index (χ1n) is 9.36. The van der Waals surface area contributed by atoms with E-state index in [2.05, 4.69) is 53.0 Å². The van der Waals surface area contributed by atoms with E-state index in [0.717, 1.165) is 43.4 Å². The number of nitrogens with one attached hydrogen (secondary N) is 1. The average molecular weight is 483 g/mol. The molecule has 0 bridgehead atoms. The molecular formula is C20H30IN5O. The van der Waals surface area contributed by atoms with Crippen LogP contribution in [-0.2, 0) is 13.1 Å². The number of aromatic nitrogens is 2. The lowest BCUT2D eigenvalue weighted by Gasteiger charge is -2.21. The van der Waals surface area contributed by atoms with Gasteiger partial charge >= 0.3 is 0 Å². The summed E-state index contributed by atoms with van der Waals surface area (Å²) in [5, 5.41) is 17.8. The molecule has 1 aliphatic heterocycles. The van der Waals surface area contributed by atoms with Crippen LogP contribution in [0.4, 0.5) is 0 Å². The van der Waals surface area contributed by atoms with E-state index >= 15 is 0 Å². The number of nitrogens with zero attached hydrogens (tertiary/aromatic N) is 4. The number of halogens is 1. The molecule has 3 rings (SSSR count). The zero-order chi connectivity index (χ0) is 18.5. The Morgan fingerprint density at radius 2 is 2.04 bits per heavy atom. The second-order valence-corrected chi connectivity index (χ2v) is 6.85. The summed E-state index contributed by atoms with van der Waals surface area (Å²) in [6, 6.07) is 10.4. The largest absolute Gasteiger partial charge is 0.391 e. The minimum absolute atomic E-state index is 0. The second kappa shape index (κ2) is 10.1. The molecule has 2 heterocycles. The van der Waals surface area contributed by atoms with E-state index in [1.807, 2.05) is 13.0 Å². The third-order valence-corrected chi connectivity index (χ3v) is 4.89. The minimum atomic E-state index is -0.254. The molecule has 0 amide bonds. The van der Waals surface area contributed by atoms with E-state index in [1.165, 1.54) is 11.1 Å². The highest BCUT2D eigenvalue weighted by Crippen LogP contribution is 2.17. The molecule has 1 aliphatic rings. The first-order valence-corrected chi connectivity index (χ1v) is 9.36. The SMILES string of the molecule is CCNC(=NCc1c(C)nn(Cc2ccccc2)c1C)N1CC[C@@H](O)C1.I. The monoisotopic (exact) mass is 483 g/mol. The molecule has 0 unspecified atom stereocenters. The Labute approximate surface area is 178 Å². The Kier molecular flexibility index (Phi) is 8.09. The van der Waals surface area contributed by atoms with Crippen LogP contribution in [0.25, 0.3) is 0 Å². The lowest BCUT2D eigenvalue weighted by molar-refractivity contribution is 0.188. The van der Waals surface area contributed by atoms with Crippen molar-refractivity contribution in [3.8, 4) is 0 Å². The van der Waals surface area contributed by atoms with Crippen molar-refractivity contribution in [3.63, 3.8) is 0 Å². The Bertz CT molecular complexity index is 759. The standard InChI is InChI=1S/C20H29N5O.HI/c1-4-21-20(24-11-10-18(26)14-24)22-12-19-15(2)23-25(16(19)3)13-17-8-6-5-7-9-17;/h5-9,18,26H,4,10-14H2,1-3H3,(H,21,22);1H/t18-;/m1./s1. The summed E-state index contributed by atoms with van der Waals surface area (Å²) < 4.78 is 2.06. The topological polar surface area (TPSA) is 65.7 Å². The lowest BCUT2D eigenvalue weighted by Crippen LogP contribution is -2.40. The summed E-state index contributed by atoms with van der Waals surface area (Å²) in [6.07, 6.45) is 0.549. The van der Waals surface area contributed by atoms with Gasteiger partial charge in [0.05, 0.1) is 24.9 Å². The van der Waals surface area contributed by atoms with Gasteiger partial charge in [-0.25, -0.2) is 4.99 Å². The van der Waals surface area contributed by atoms with E-state index in [-0.39, 0.29) is 30.1 Å². The number of aliphatic imine (C=N–C) groups is 1. The molecule has 1 aromatic heterocycles. The van der Waals surface area contributed by atoms with Crippen molar-refractivity contribution in [2.45, 2.75) is 46.4 Å². The van der Waals surface area contributed by atoms with Crippen LogP contribution in [0.5, 0.6) is 0 Å².